The minimum Gasteiger partial charge on any atom is -0.477 e. The van der Waals surface area contributed by atoms with Gasteiger partial charge in [0.25, 0.3) is 0 Å². The predicted octanol–water partition coefficient (Wildman–Crippen LogP) is 2.42. The first-order valence-electron chi connectivity index (χ1n) is 5.65. The van der Waals surface area contributed by atoms with E-state index in [-0.39, 0.29) is 10.9 Å². The Morgan fingerprint density at radius 2 is 2.00 bits per heavy atom. The van der Waals surface area contributed by atoms with Crippen molar-refractivity contribution in [2.75, 3.05) is 0 Å². The highest BCUT2D eigenvalue weighted by Gasteiger charge is 2.18. The van der Waals surface area contributed by atoms with Gasteiger partial charge in [-0.05, 0) is 6.07 Å². The molecule has 0 bridgehead atoms. The number of aromatic nitrogens is 2. The van der Waals surface area contributed by atoms with Crippen LogP contribution in [0.15, 0.2) is 34.0 Å². The number of hydrogen-bond acceptors (Lipinski definition) is 4. The molecule has 106 valence electrons. The Morgan fingerprint density at radius 1 is 1.29 bits per heavy atom. The van der Waals surface area contributed by atoms with Gasteiger partial charge in [0.1, 0.15) is 11.4 Å². The largest absolute Gasteiger partial charge is 0.477 e. The Hall–Kier alpha value is -2.61. The maximum atomic E-state index is 13.4. The summed E-state index contributed by atoms with van der Waals surface area (Å²) in [6.07, 6.45) is 1.05. The van der Waals surface area contributed by atoms with Crippen molar-refractivity contribution < 1.29 is 18.7 Å². The van der Waals surface area contributed by atoms with E-state index in [4.69, 9.17) is 5.11 Å². The van der Waals surface area contributed by atoms with E-state index in [9.17, 15) is 18.4 Å². The summed E-state index contributed by atoms with van der Waals surface area (Å²) in [6.45, 7) is 0. The molecule has 0 atom stereocenters. The topological polar surface area (TPSA) is 72.2 Å². The summed E-state index contributed by atoms with van der Waals surface area (Å²) in [7, 11) is 0. The summed E-state index contributed by atoms with van der Waals surface area (Å²) < 4.78 is 28.0. The lowest BCUT2D eigenvalue weighted by molar-refractivity contribution is 0.0695. The molecule has 0 aliphatic heterocycles. The summed E-state index contributed by atoms with van der Waals surface area (Å²) in [4.78, 5) is 27.2. The molecule has 3 rings (SSSR count). The molecule has 0 unspecified atom stereocenters. The number of carboxylic acids is 1. The molecule has 1 aromatic carbocycles. The van der Waals surface area contributed by atoms with Crippen molar-refractivity contribution in [3.05, 3.63) is 56.6 Å². The van der Waals surface area contributed by atoms with Gasteiger partial charge >= 0.3 is 5.97 Å². The lowest BCUT2D eigenvalue weighted by atomic mass is 10.1. The van der Waals surface area contributed by atoms with Gasteiger partial charge < -0.3 is 5.11 Å². The van der Waals surface area contributed by atoms with E-state index in [0.29, 0.717) is 11.9 Å². The zero-order valence-electron chi connectivity index (χ0n) is 10.2. The standard InChI is InChI=1S/C13H6F2N2O3S/c14-8-1-6-10(2-9(8)15)17(11-4-21-5-16-11)3-7(12(6)18)13(19)20/h1-5H,(H,19,20). The lowest BCUT2D eigenvalue weighted by Crippen LogP contribution is -2.19. The Balaban J connectivity index is 2.51. The number of carbonyl (C=O) groups is 1. The van der Waals surface area contributed by atoms with Crippen molar-refractivity contribution in [1.29, 1.82) is 0 Å². The van der Waals surface area contributed by atoms with Crippen LogP contribution in [0.3, 0.4) is 0 Å². The monoisotopic (exact) mass is 308 g/mol. The summed E-state index contributed by atoms with van der Waals surface area (Å²) in [5.74, 6) is -3.48. The highest BCUT2D eigenvalue weighted by Crippen LogP contribution is 2.20. The van der Waals surface area contributed by atoms with Crippen molar-refractivity contribution in [2.24, 2.45) is 0 Å². The summed E-state index contributed by atoms with van der Waals surface area (Å²) in [6, 6.07) is 1.54. The van der Waals surface area contributed by atoms with Gasteiger partial charge in [0.05, 0.1) is 16.4 Å². The summed E-state index contributed by atoms with van der Waals surface area (Å²) in [5, 5.41) is 10.4. The van der Waals surface area contributed by atoms with Gasteiger partial charge in [-0.3, -0.25) is 9.36 Å². The second kappa shape index (κ2) is 4.74. The Labute approximate surface area is 119 Å². The molecule has 3 aromatic rings. The van der Waals surface area contributed by atoms with Gasteiger partial charge in [0.15, 0.2) is 11.6 Å². The van der Waals surface area contributed by atoms with E-state index >= 15 is 0 Å². The van der Waals surface area contributed by atoms with Crippen LogP contribution in [0, 0.1) is 11.6 Å². The van der Waals surface area contributed by atoms with Crippen LogP contribution in [0.4, 0.5) is 8.78 Å². The lowest BCUT2D eigenvalue weighted by Gasteiger charge is -2.10. The van der Waals surface area contributed by atoms with Gasteiger partial charge in [0.2, 0.25) is 5.43 Å². The average molecular weight is 308 g/mol. The molecule has 1 N–H and O–H groups in total. The zero-order chi connectivity index (χ0) is 15.1. The minimum atomic E-state index is -1.45. The smallest absolute Gasteiger partial charge is 0.341 e. The first kappa shape index (κ1) is 13.4. The number of hydrogen-bond donors (Lipinski definition) is 1. The fourth-order valence-corrected chi connectivity index (χ4v) is 2.51. The zero-order valence-corrected chi connectivity index (χ0v) is 11.0. The van der Waals surface area contributed by atoms with Crippen molar-refractivity contribution >= 4 is 28.2 Å². The van der Waals surface area contributed by atoms with E-state index in [1.54, 1.807) is 5.38 Å². The van der Waals surface area contributed by atoms with Crippen LogP contribution < -0.4 is 5.43 Å². The molecule has 5 nitrogen and oxygen atoms in total. The number of aromatic carboxylic acids is 1. The Morgan fingerprint density at radius 3 is 2.62 bits per heavy atom. The van der Waals surface area contributed by atoms with Crippen LogP contribution in [0.1, 0.15) is 10.4 Å². The van der Waals surface area contributed by atoms with E-state index in [0.717, 1.165) is 12.3 Å². The molecule has 0 radical (unpaired) electrons. The average Bonchev–Trinajstić information content (AvgIpc) is 2.95. The van der Waals surface area contributed by atoms with E-state index < -0.39 is 28.6 Å². The minimum absolute atomic E-state index is 0.0507. The SMILES string of the molecule is O=C(O)c1cn(-c2cscn2)c2cc(F)c(F)cc2c1=O. The number of carboxylic acid groups (broad SMARTS) is 1. The molecule has 0 saturated heterocycles. The van der Waals surface area contributed by atoms with Crippen LogP contribution >= 0.6 is 11.3 Å². The first-order valence-corrected chi connectivity index (χ1v) is 6.59. The number of thiazole rings is 1. The van der Waals surface area contributed by atoms with Crippen molar-refractivity contribution in [2.45, 2.75) is 0 Å². The fourth-order valence-electron chi connectivity index (χ4n) is 1.99. The normalized spacial score (nSPS) is 11.0. The third-order valence-corrected chi connectivity index (χ3v) is 3.52. The Bertz CT molecular complexity index is 919. The highest BCUT2D eigenvalue weighted by atomic mass is 32.1. The molecular formula is C13H6F2N2O3S. The molecule has 0 aliphatic carbocycles. The highest BCUT2D eigenvalue weighted by molar-refractivity contribution is 7.07. The summed E-state index contributed by atoms with van der Waals surface area (Å²) in [5.41, 5.74) is 0.138. The molecule has 0 spiro atoms. The Kier molecular flexibility index (Phi) is 3.02. The van der Waals surface area contributed by atoms with Gasteiger partial charge in [0, 0.05) is 17.6 Å². The van der Waals surface area contributed by atoms with Crippen LogP contribution in [-0.4, -0.2) is 20.6 Å². The number of halogens is 2. The van der Waals surface area contributed by atoms with Crippen molar-refractivity contribution in [3.63, 3.8) is 0 Å². The second-order valence-electron chi connectivity index (χ2n) is 4.18. The first-order chi connectivity index (χ1) is 9.99. The molecule has 2 aromatic heterocycles. The number of nitrogens with zero attached hydrogens (tertiary/aromatic N) is 2. The van der Waals surface area contributed by atoms with E-state index in [1.807, 2.05) is 0 Å². The second-order valence-corrected chi connectivity index (χ2v) is 4.90. The van der Waals surface area contributed by atoms with Crippen LogP contribution in [-0.2, 0) is 0 Å². The number of fused-ring (bicyclic) bond motifs is 1. The fraction of sp³-hybridized carbons (Fsp3) is 0. The molecular weight excluding hydrogens is 302 g/mol. The molecule has 21 heavy (non-hydrogen) atoms. The molecule has 8 heteroatoms. The summed E-state index contributed by atoms with van der Waals surface area (Å²) >= 11 is 1.24. The number of pyridine rings is 1. The third-order valence-electron chi connectivity index (χ3n) is 2.94. The van der Waals surface area contributed by atoms with Gasteiger partial charge in [-0.15, -0.1) is 11.3 Å². The third kappa shape index (κ3) is 2.09. The number of benzene rings is 1. The van der Waals surface area contributed by atoms with E-state index in [2.05, 4.69) is 4.98 Å². The van der Waals surface area contributed by atoms with Crippen LogP contribution in [0.5, 0.6) is 0 Å². The van der Waals surface area contributed by atoms with Crippen molar-refractivity contribution in [1.82, 2.24) is 9.55 Å². The maximum absolute atomic E-state index is 13.4. The van der Waals surface area contributed by atoms with Crippen molar-refractivity contribution in [3.8, 4) is 5.82 Å². The molecule has 0 amide bonds. The quantitative estimate of drug-likeness (QED) is 0.789. The van der Waals surface area contributed by atoms with Gasteiger partial charge in [-0.25, -0.2) is 18.6 Å². The van der Waals surface area contributed by atoms with Crippen LogP contribution in [0.2, 0.25) is 0 Å². The molecule has 0 saturated carbocycles. The van der Waals surface area contributed by atoms with Gasteiger partial charge in [-0.1, -0.05) is 0 Å². The predicted molar refractivity (Wildman–Crippen MR) is 72.1 cm³/mol. The molecule has 2 heterocycles. The van der Waals surface area contributed by atoms with Gasteiger partial charge in [-0.2, -0.15) is 0 Å². The molecule has 0 fully saturated rings. The maximum Gasteiger partial charge on any atom is 0.341 e. The van der Waals surface area contributed by atoms with E-state index in [1.165, 1.54) is 21.4 Å². The molecule has 0 aliphatic rings. The number of rotatable bonds is 2. The van der Waals surface area contributed by atoms with Crippen LogP contribution in [0.25, 0.3) is 16.7 Å².